The van der Waals surface area contributed by atoms with E-state index < -0.39 is 12.8 Å². The minimum Gasteiger partial charge on any atom is 1.00 e. The van der Waals surface area contributed by atoms with Crippen LogP contribution in [-0.2, 0) is 27.8 Å². The minimum atomic E-state index is -2.88. The van der Waals surface area contributed by atoms with E-state index in [0.717, 1.165) is 0 Å². The van der Waals surface area contributed by atoms with E-state index >= 15 is 0 Å². The molecule has 0 fully saturated rings. The molecule has 0 radical (unpaired) electrons. The summed E-state index contributed by atoms with van der Waals surface area (Å²) in [4.78, 5) is 8.56. The average molecular weight is 400 g/mol. The van der Waals surface area contributed by atoms with Gasteiger partial charge in [0, 0.05) is 0 Å². The zero-order valence-corrected chi connectivity index (χ0v) is 20.5. The van der Waals surface area contributed by atoms with Crippen LogP contribution in [0, 0.1) is 61.4 Å². The van der Waals surface area contributed by atoms with Crippen LogP contribution in [0.4, 0.5) is 0 Å². The first-order valence-electron chi connectivity index (χ1n) is 2.25. The maximum Gasteiger partial charge on any atom is 1.00 e. The SMILES string of the molecule is N#[C][Cu-2]([C]#N)([C]#N)[C]#N.N#[C][Cu-][C]#N.[K+].[K+].[K+]. The van der Waals surface area contributed by atoms with Gasteiger partial charge in [0.25, 0.3) is 0 Å². The average Bonchev–Trinajstić information content (AvgIpc) is 2.24. The molecule has 0 N–H and O–H groups in total. The molecule has 0 saturated carbocycles. The van der Waals surface area contributed by atoms with Crippen LogP contribution in [0.25, 0.3) is 0 Å². The fourth-order valence-electron chi connectivity index (χ4n) is 0.106. The van der Waals surface area contributed by atoms with Gasteiger partial charge >= 0.3 is 243 Å². The van der Waals surface area contributed by atoms with Crippen molar-refractivity contribution in [1.29, 1.82) is 31.6 Å². The molecule has 17 heavy (non-hydrogen) atoms. The molecular formula is C6Cu2K3N6. The molecular weight excluding hydrogens is 400 g/mol. The summed E-state index contributed by atoms with van der Waals surface area (Å²) in [5, 5.41) is 47.5. The standard InChI is InChI=1S/6CN.2Cu.3K/c6*1-2;;;;;/q;;;;;;-2;-1;3*+1. The predicted molar refractivity (Wildman–Crippen MR) is 33.7 cm³/mol. The molecule has 0 saturated heterocycles. The third-order valence-corrected chi connectivity index (χ3v) is 1.95. The van der Waals surface area contributed by atoms with E-state index in [4.69, 9.17) is 31.6 Å². The minimum absolute atomic E-state index is 0. The quantitative estimate of drug-likeness (QED) is 0.370. The number of nitrogens with zero attached hydrogens (tertiary/aromatic N) is 6. The van der Waals surface area contributed by atoms with Crippen LogP contribution in [0.2, 0.25) is 0 Å². The zero-order chi connectivity index (χ0) is 11.4. The molecule has 0 bridgehead atoms. The molecule has 0 amide bonds. The summed E-state index contributed by atoms with van der Waals surface area (Å²) in [6.07, 6.45) is 0. The molecule has 0 aromatic carbocycles. The first-order valence-corrected chi connectivity index (χ1v) is 5.07. The third kappa shape index (κ3) is 18.9. The second-order valence-electron chi connectivity index (χ2n) is 0.932. The van der Waals surface area contributed by atoms with Gasteiger partial charge in [0.1, 0.15) is 0 Å². The summed E-state index contributed by atoms with van der Waals surface area (Å²) in [6, 6.07) is 0. The fourth-order valence-corrected chi connectivity index (χ4v) is 0.435. The van der Waals surface area contributed by atoms with Crippen molar-refractivity contribution in [1.82, 2.24) is 0 Å². The Bertz CT molecular complexity index is 366. The predicted octanol–water partition coefficient (Wildman–Crippen LogP) is -8.89. The van der Waals surface area contributed by atoms with Crippen LogP contribution in [0.5, 0.6) is 0 Å². The van der Waals surface area contributed by atoms with Gasteiger partial charge in [0.05, 0.1) is 0 Å². The van der Waals surface area contributed by atoms with E-state index in [9.17, 15) is 0 Å². The van der Waals surface area contributed by atoms with Crippen molar-refractivity contribution < 1.29 is 182 Å². The summed E-state index contributed by atoms with van der Waals surface area (Å²) in [7, 11) is 0. The molecule has 0 aliphatic heterocycles. The molecule has 6 nitrogen and oxygen atoms in total. The van der Waals surface area contributed by atoms with Crippen LogP contribution >= 0.6 is 0 Å². The van der Waals surface area contributed by atoms with Gasteiger partial charge in [-0.25, -0.2) is 0 Å². The van der Waals surface area contributed by atoms with E-state index in [1.165, 1.54) is 19.9 Å². The Kier molecular flexibility index (Phi) is 45.1. The summed E-state index contributed by atoms with van der Waals surface area (Å²) in [6.45, 7) is 0. The number of nitriles is 6. The van der Waals surface area contributed by atoms with Gasteiger partial charge in [-0.1, -0.05) is 0 Å². The largest absolute Gasteiger partial charge is 1.00 e. The van der Waals surface area contributed by atoms with E-state index in [2.05, 4.69) is 0 Å². The molecule has 0 aliphatic carbocycles. The van der Waals surface area contributed by atoms with Gasteiger partial charge in [0.15, 0.2) is 0 Å². The number of hydrogen-bond donors (Lipinski definition) is 0. The summed E-state index contributed by atoms with van der Waals surface area (Å²) < 4.78 is 0. The molecule has 0 heterocycles. The molecule has 0 aromatic rings. The Labute approximate surface area is 236 Å². The first kappa shape index (κ1) is 32.0. The number of hydrogen-bond acceptors (Lipinski definition) is 6. The maximum absolute atomic E-state index is 8.09. The Morgan fingerprint density at radius 1 is 0.588 bits per heavy atom. The molecule has 0 atom stereocenters. The van der Waals surface area contributed by atoms with Crippen LogP contribution in [0.3, 0.4) is 0 Å². The van der Waals surface area contributed by atoms with Crippen LogP contribution < -0.4 is 154 Å². The van der Waals surface area contributed by atoms with E-state index in [1.807, 2.05) is 0 Å². The van der Waals surface area contributed by atoms with Crippen LogP contribution in [0.1, 0.15) is 0 Å². The maximum atomic E-state index is 8.09. The normalized spacial score (nSPS) is 6.47. The Morgan fingerprint density at radius 3 is 0.824 bits per heavy atom. The zero-order valence-electron chi connectivity index (χ0n) is 9.29. The molecule has 79 valence electrons. The van der Waals surface area contributed by atoms with Crippen molar-refractivity contribution in [2.75, 3.05) is 0 Å². The summed E-state index contributed by atoms with van der Waals surface area (Å²) >= 11 is -2.23. The van der Waals surface area contributed by atoms with Gasteiger partial charge in [-0.2, -0.15) is 0 Å². The smallest absolute Gasteiger partial charge is 1.00 e. The molecule has 0 aliphatic rings. The van der Waals surface area contributed by atoms with Crippen molar-refractivity contribution in [3.63, 3.8) is 0 Å². The van der Waals surface area contributed by atoms with E-state index in [1.54, 1.807) is 9.94 Å². The van der Waals surface area contributed by atoms with Gasteiger partial charge in [-0.3, -0.25) is 0 Å². The van der Waals surface area contributed by atoms with Crippen molar-refractivity contribution in [3.8, 4) is 29.8 Å². The van der Waals surface area contributed by atoms with Crippen molar-refractivity contribution >= 4 is 0 Å². The second kappa shape index (κ2) is 23.9. The van der Waals surface area contributed by atoms with Crippen molar-refractivity contribution in [3.05, 3.63) is 0 Å². The molecule has 0 spiro atoms. The molecule has 11 heteroatoms. The first-order chi connectivity index (χ1) is 6.66. The molecule has 0 rings (SSSR count). The van der Waals surface area contributed by atoms with E-state index in [-0.39, 0.29) is 154 Å². The molecule has 0 unspecified atom stereocenters. The van der Waals surface area contributed by atoms with Gasteiger partial charge in [-0.15, -0.1) is 0 Å². The number of rotatable bonds is 0. The Morgan fingerprint density at radius 2 is 0.824 bits per heavy atom. The van der Waals surface area contributed by atoms with Gasteiger partial charge in [0.2, 0.25) is 0 Å². The van der Waals surface area contributed by atoms with Crippen molar-refractivity contribution in [2.24, 2.45) is 0 Å². The monoisotopic (exact) mass is 399 g/mol. The van der Waals surface area contributed by atoms with Crippen LogP contribution in [-0.4, -0.2) is 0 Å². The Hall–Kier alpha value is 2.89. The van der Waals surface area contributed by atoms with Crippen LogP contribution in [0.15, 0.2) is 0 Å². The van der Waals surface area contributed by atoms with E-state index in [0.29, 0.717) is 15.0 Å². The van der Waals surface area contributed by atoms with Crippen molar-refractivity contribution in [2.45, 2.75) is 0 Å². The van der Waals surface area contributed by atoms with Gasteiger partial charge in [-0.05, 0) is 0 Å². The third-order valence-electron chi connectivity index (χ3n) is 0.472. The Balaban J connectivity index is -0.0000000533. The molecule has 0 aromatic heterocycles. The summed E-state index contributed by atoms with van der Waals surface area (Å²) in [5.74, 6) is 0. The fraction of sp³-hybridized carbons (Fsp3) is 0. The van der Waals surface area contributed by atoms with Gasteiger partial charge < -0.3 is 0 Å². The summed E-state index contributed by atoms with van der Waals surface area (Å²) in [5.41, 5.74) is 0. The second-order valence-corrected chi connectivity index (χ2v) is 3.84. The topological polar surface area (TPSA) is 143 Å².